The van der Waals surface area contributed by atoms with E-state index in [-0.39, 0.29) is 6.42 Å². The fourth-order valence-electron chi connectivity index (χ4n) is 2.15. The summed E-state index contributed by atoms with van der Waals surface area (Å²) in [5, 5.41) is 8.91. The fourth-order valence-corrected chi connectivity index (χ4v) is 2.15. The molecule has 1 aromatic heterocycles. The number of carbonyl (C=O) groups is 1. The van der Waals surface area contributed by atoms with Crippen molar-refractivity contribution < 1.29 is 9.90 Å². The molecule has 0 amide bonds. The van der Waals surface area contributed by atoms with Gasteiger partial charge in [-0.25, -0.2) is 0 Å². The number of hydrogen-bond acceptors (Lipinski definition) is 2. The van der Waals surface area contributed by atoms with Crippen molar-refractivity contribution in [1.29, 1.82) is 0 Å². The number of carboxylic acids is 1. The maximum Gasteiger partial charge on any atom is 0.307 e. The predicted octanol–water partition coefficient (Wildman–Crippen LogP) is 2.48. The van der Waals surface area contributed by atoms with E-state index in [4.69, 9.17) is 5.11 Å². The van der Waals surface area contributed by atoms with Gasteiger partial charge in [-0.3, -0.25) is 9.47 Å². The standard InChI is InChI=1S/C15H18N2O2/c1-11-7-8-12(2)17(11)16-10-14-6-4-3-5-13(14)9-15(18)19/h3-8,16H,9-10H2,1-2H3,(H,18,19). The second kappa shape index (κ2) is 5.61. The summed E-state index contributed by atoms with van der Waals surface area (Å²) in [5.74, 6) is -0.805. The van der Waals surface area contributed by atoms with Crippen LogP contribution in [0.2, 0.25) is 0 Å². The van der Waals surface area contributed by atoms with Gasteiger partial charge >= 0.3 is 5.97 Å². The Morgan fingerprint density at radius 2 is 1.68 bits per heavy atom. The Balaban J connectivity index is 2.13. The molecule has 0 aliphatic rings. The zero-order valence-corrected chi connectivity index (χ0v) is 11.2. The van der Waals surface area contributed by atoms with Gasteiger partial charge in [0.1, 0.15) is 0 Å². The van der Waals surface area contributed by atoms with Crippen LogP contribution in [-0.4, -0.2) is 15.8 Å². The number of hydrogen-bond donors (Lipinski definition) is 2. The monoisotopic (exact) mass is 258 g/mol. The smallest absolute Gasteiger partial charge is 0.307 e. The maximum atomic E-state index is 10.8. The number of aromatic nitrogens is 1. The van der Waals surface area contributed by atoms with Crippen LogP contribution in [0.25, 0.3) is 0 Å². The second-order valence-corrected chi connectivity index (χ2v) is 4.63. The van der Waals surface area contributed by atoms with Gasteiger partial charge in [-0.1, -0.05) is 24.3 Å². The Morgan fingerprint density at radius 1 is 1.11 bits per heavy atom. The first kappa shape index (κ1) is 13.2. The predicted molar refractivity (Wildman–Crippen MR) is 74.8 cm³/mol. The van der Waals surface area contributed by atoms with Crippen molar-refractivity contribution in [2.24, 2.45) is 0 Å². The Labute approximate surface area is 112 Å². The average molecular weight is 258 g/mol. The molecule has 2 N–H and O–H groups in total. The zero-order chi connectivity index (χ0) is 13.8. The third-order valence-corrected chi connectivity index (χ3v) is 3.16. The summed E-state index contributed by atoms with van der Waals surface area (Å²) < 4.78 is 2.01. The summed E-state index contributed by atoms with van der Waals surface area (Å²) >= 11 is 0. The summed E-state index contributed by atoms with van der Waals surface area (Å²) in [6.45, 7) is 4.67. The highest BCUT2D eigenvalue weighted by Crippen LogP contribution is 2.11. The van der Waals surface area contributed by atoms with Gasteiger partial charge in [-0.2, -0.15) is 0 Å². The molecule has 0 saturated carbocycles. The third-order valence-electron chi connectivity index (χ3n) is 3.16. The summed E-state index contributed by atoms with van der Waals surface area (Å²) in [7, 11) is 0. The lowest BCUT2D eigenvalue weighted by molar-refractivity contribution is -0.136. The molecule has 0 radical (unpaired) electrons. The molecule has 0 aliphatic heterocycles. The molecule has 2 aromatic rings. The van der Waals surface area contributed by atoms with Crippen LogP contribution in [-0.2, 0) is 17.8 Å². The van der Waals surface area contributed by atoms with Crippen LogP contribution >= 0.6 is 0 Å². The highest BCUT2D eigenvalue weighted by Gasteiger charge is 2.07. The SMILES string of the molecule is Cc1ccc(C)n1NCc1ccccc1CC(=O)O. The Bertz CT molecular complexity index is 568. The van der Waals surface area contributed by atoms with Crippen molar-refractivity contribution >= 4 is 5.97 Å². The van der Waals surface area contributed by atoms with Crippen molar-refractivity contribution in [2.75, 3.05) is 5.43 Å². The Hall–Kier alpha value is -2.23. The van der Waals surface area contributed by atoms with Crippen molar-refractivity contribution in [3.05, 3.63) is 58.9 Å². The van der Waals surface area contributed by atoms with Gasteiger partial charge < -0.3 is 10.5 Å². The van der Waals surface area contributed by atoms with Crippen LogP contribution < -0.4 is 5.43 Å². The number of nitrogens with zero attached hydrogens (tertiary/aromatic N) is 1. The van der Waals surface area contributed by atoms with E-state index >= 15 is 0 Å². The zero-order valence-electron chi connectivity index (χ0n) is 11.2. The van der Waals surface area contributed by atoms with Crippen molar-refractivity contribution in [3.63, 3.8) is 0 Å². The van der Waals surface area contributed by atoms with E-state index < -0.39 is 5.97 Å². The first-order valence-corrected chi connectivity index (χ1v) is 6.25. The molecular weight excluding hydrogens is 240 g/mol. The Kier molecular flexibility index (Phi) is 3.90. The highest BCUT2D eigenvalue weighted by molar-refractivity contribution is 5.70. The van der Waals surface area contributed by atoms with E-state index in [0.29, 0.717) is 6.54 Å². The molecule has 4 heteroatoms. The lowest BCUT2D eigenvalue weighted by atomic mass is 10.1. The number of carboxylic acid groups (broad SMARTS) is 1. The van der Waals surface area contributed by atoms with Crippen LogP contribution in [0.1, 0.15) is 22.5 Å². The number of nitrogens with one attached hydrogen (secondary N) is 1. The quantitative estimate of drug-likeness (QED) is 0.866. The normalized spacial score (nSPS) is 10.4. The molecule has 19 heavy (non-hydrogen) atoms. The first-order chi connectivity index (χ1) is 9.08. The molecule has 100 valence electrons. The summed E-state index contributed by atoms with van der Waals surface area (Å²) in [6.07, 6.45) is 0.0570. The summed E-state index contributed by atoms with van der Waals surface area (Å²) in [6, 6.07) is 11.7. The minimum absolute atomic E-state index is 0.0570. The van der Waals surface area contributed by atoms with Crippen LogP contribution in [0, 0.1) is 13.8 Å². The first-order valence-electron chi connectivity index (χ1n) is 6.25. The fraction of sp³-hybridized carbons (Fsp3) is 0.267. The molecule has 0 fully saturated rings. The van der Waals surface area contributed by atoms with Gasteiger partial charge in [0.25, 0.3) is 0 Å². The highest BCUT2D eigenvalue weighted by atomic mass is 16.4. The lowest BCUT2D eigenvalue weighted by Crippen LogP contribution is -2.18. The largest absolute Gasteiger partial charge is 0.481 e. The van der Waals surface area contributed by atoms with Gasteiger partial charge in [0.05, 0.1) is 13.0 Å². The molecule has 0 unspecified atom stereocenters. The molecular formula is C15H18N2O2. The van der Waals surface area contributed by atoms with Gasteiger partial charge in [0, 0.05) is 11.4 Å². The van der Waals surface area contributed by atoms with Crippen molar-refractivity contribution in [2.45, 2.75) is 26.8 Å². The molecule has 4 nitrogen and oxygen atoms in total. The van der Waals surface area contributed by atoms with Crippen molar-refractivity contribution in [1.82, 2.24) is 4.68 Å². The molecule has 0 spiro atoms. The topological polar surface area (TPSA) is 54.3 Å². The number of benzene rings is 1. The molecule has 0 bridgehead atoms. The lowest BCUT2D eigenvalue weighted by Gasteiger charge is -2.14. The number of aliphatic carboxylic acids is 1. The van der Waals surface area contributed by atoms with Crippen LogP contribution in [0.3, 0.4) is 0 Å². The third kappa shape index (κ3) is 3.16. The van der Waals surface area contributed by atoms with Crippen LogP contribution in [0.4, 0.5) is 0 Å². The van der Waals surface area contributed by atoms with Gasteiger partial charge in [-0.05, 0) is 37.1 Å². The van der Waals surface area contributed by atoms with E-state index in [1.165, 1.54) is 0 Å². The number of rotatable bonds is 5. The van der Waals surface area contributed by atoms with Crippen LogP contribution in [0.5, 0.6) is 0 Å². The second-order valence-electron chi connectivity index (χ2n) is 4.63. The van der Waals surface area contributed by atoms with Gasteiger partial charge in [0.15, 0.2) is 0 Å². The molecule has 0 atom stereocenters. The van der Waals surface area contributed by atoms with E-state index in [0.717, 1.165) is 22.5 Å². The van der Waals surface area contributed by atoms with Gasteiger partial charge in [0.2, 0.25) is 0 Å². The number of aryl methyl sites for hydroxylation is 2. The summed E-state index contributed by atoms with van der Waals surface area (Å²) in [4.78, 5) is 10.8. The van der Waals surface area contributed by atoms with E-state index in [9.17, 15) is 4.79 Å². The van der Waals surface area contributed by atoms with Crippen molar-refractivity contribution in [3.8, 4) is 0 Å². The molecule has 2 rings (SSSR count). The van der Waals surface area contributed by atoms with Gasteiger partial charge in [-0.15, -0.1) is 0 Å². The molecule has 1 heterocycles. The minimum atomic E-state index is -0.805. The van der Waals surface area contributed by atoms with E-state index in [1.807, 2.05) is 54.9 Å². The molecule has 0 saturated heterocycles. The summed E-state index contributed by atoms with van der Waals surface area (Å²) in [5.41, 5.74) is 7.44. The van der Waals surface area contributed by atoms with E-state index in [2.05, 4.69) is 5.43 Å². The molecule has 0 aliphatic carbocycles. The van der Waals surface area contributed by atoms with E-state index in [1.54, 1.807) is 0 Å². The minimum Gasteiger partial charge on any atom is -0.481 e. The molecule has 1 aromatic carbocycles. The maximum absolute atomic E-state index is 10.8. The van der Waals surface area contributed by atoms with Crippen LogP contribution in [0.15, 0.2) is 36.4 Å². The average Bonchev–Trinajstić information content (AvgIpc) is 2.68. The Morgan fingerprint density at radius 3 is 2.26 bits per heavy atom.